The maximum atomic E-state index is 8.74. The summed E-state index contributed by atoms with van der Waals surface area (Å²) in [5.74, 6) is 0.755. The van der Waals surface area contributed by atoms with Gasteiger partial charge in [-0.05, 0) is 43.1 Å². The number of benzene rings is 1. The molecule has 1 aromatic rings. The molecule has 0 bridgehead atoms. The Morgan fingerprint density at radius 2 is 2.18 bits per heavy atom. The Morgan fingerprint density at radius 3 is 2.76 bits per heavy atom. The Balaban J connectivity index is 2.90. The predicted octanol–water partition coefficient (Wildman–Crippen LogP) is 0.233. The lowest BCUT2D eigenvalue weighted by atomic mass is 10.0. The summed E-state index contributed by atoms with van der Waals surface area (Å²) in [7, 11) is 0. The van der Waals surface area contributed by atoms with Crippen LogP contribution < -0.4 is 16.2 Å². The van der Waals surface area contributed by atoms with Crippen molar-refractivity contribution in [2.45, 2.75) is 12.8 Å². The van der Waals surface area contributed by atoms with Gasteiger partial charge in [0.25, 0.3) is 0 Å². The van der Waals surface area contributed by atoms with E-state index in [0.717, 1.165) is 24.2 Å². The van der Waals surface area contributed by atoms with Gasteiger partial charge < -0.3 is 21.3 Å². The summed E-state index contributed by atoms with van der Waals surface area (Å²) in [5, 5.41) is 16.1. The molecule has 0 radical (unpaired) electrons. The number of amidine groups is 1. The lowest BCUT2D eigenvalue weighted by Gasteiger charge is -2.12. The Kier molecular flexibility index (Phi) is 5.45. The number of nitrogen functional groups attached to an aromatic ring is 1. The largest absolute Gasteiger partial charge is 0.491 e. The topological polar surface area (TPSA) is 105 Å². The van der Waals surface area contributed by atoms with E-state index < -0.39 is 0 Å². The minimum absolute atomic E-state index is 0.0230. The van der Waals surface area contributed by atoms with Crippen LogP contribution in [0.3, 0.4) is 0 Å². The molecule has 6 N–H and O–H groups in total. The number of ether oxygens (including phenoxy) is 1. The highest BCUT2D eigenvalue weighted by Gasteiger charge is 2.06. The van der Waals surface area contributed by atoms with Crippen molar-refractivity contribution in [1.82, 2.24) is 0 Å². The molecule has 17 heavy (non-hydrogen) atoms. The van der Waals surface area contributed by atoms with Crippen LogP contribution in [0.15, 0.2) is 18.2 Å². The summed E-state index contributed by atoms with van der Waals surface area (Å²) >= 11 is 0. The average Bonchev–Trinajstić information content (AvgIpc) is 2.34. The van der Waals surface area contributed by atoms with Crippen molar-refractivity contribution in [2.24, 2.45) is 11.5 Å². The van der Waals surface area contributed by atoms with E-state index in [9.17, 15) is 0 Å². The Morgan fingerprint density at radius 1 is 1.41 bits per heavy atom. The Labute approximate surface area is 101 Å². The summed E-state index contributed by atoms with van der Waals surface area (Å²) in [6, 6.07) is 5.35. The van der Waals surface area contributed by atoms with Crippen LogP contribution in [-0.2, 0) is 6.42 Å². The van der Waals surface area contributed by atoms with E-state index in [-0.39, 0.29) is 19.0 Å². The molecule has 0 amide bonds. The van der Waals surface area contributed by atoms with E-state index in [1.165, 1.54) is 0 Å². The average molecular weight is 237 g/mol. The van der Waals surface area contributed by atoms with Gasteiger partial charge in [0.05, 0.1) is 6.61 Å². The van der Waals surface area contributed by atoms with Gasteiger partial charge in [-0.25, -0.2) is 0 Å². The summed E-state index contributed by atoms with van der Waals surface area (Å²) < 4.78 is 5.42. The quantitative estimate of drug-likeness (QED) is 0.402. The van der Waals surface area contributed by atoms with Crippen molar-refractivity contribution in [3.05, 3.63) is 29.3 Å². The first-order valence-electron chi connectivity index (χ1n) is 5.60. The SMILES string of the molecule is N=C(N)c1ccc(OCCO)c(CCCN)c1. The molecule has 0 aliphatic carbocycles. The summed E-state index contributed by atoms with van der Waals surface area (Å²) in [4.78, 5) is 0. The number of aliphatic hydroxyl groups excluding tert-OH is 1. The van der Waals surface area contributed by atoms with E-state index >= 15 is 0 Å². The zero-order chi connectivity index (χ0) is 12.7. The van der Waals surface area contributed by atoms with Crippen molar-refractivity contribution in [1.29, 1.82) is 5.41 Å². The van der Waals surface area contributed by atoms with E-state index in [1.54, 1.807) is 12.1 Å². The first-order chi connectivity index (χ1) is 8.19. The molecule has 0 spiro atoms. The van der Waals surface area contributed by atoms with Crippen molar-refractivity contribution in [3.8, 4) is 5.75 Å². The van der Waals surface area contributed by atoms with E-state index in [1.807, 2.05) is 6.07 Å². The highest BCUT2D eigenvalue weighted by molar-refractivity contribution is 5.95. The van der Waals surface area contributed by atoms with Crippen molar-refractivity contribution >= 4 is 5.84 Å². The van der Waals surface area contributed by atoms with Crippen LogP contribution >= 0.6 is 0 Å². The predicted molar refractivity (Wildman–Crippen MR) is 67.4 cm³/mol. The van der Waals surface area contributed by atoms with Crippen molar-refractivity contribution < 1.29 is 9.84 Å². The van der Waals surface area contributed by atoms with Gasteiger partial charge in [-0.3, -0.25) is 5.41 Å². The molecular formula is C12H19N3O2. The molecule has 1 aromatic carbocycles. The van der Waals surface area contributed by atoms with Crippen LogP contribution in [0.4, 0.5) is 0 Å². The number of nitrogens with two attached hydrogens (primary N) is 2. The monoisotopic (exact) mass is 237 g/mol. The highest BCUT2D eigenvalue weighted by Crippen LogP contribution is 2.21. The van der Waals surface area contributed by atoms with Crippen LogP contribution in [0.25, 0.3) is 0 Å². The van der Waals surface area contributed by atoms with Gasteiger partial charge in [0.1, 0.15) is 18.2 Å². The number of aliphatic hydroxyl groups is 1. The summed E-state index contributed by atoms with van der Waals surface area (Å²) in [5.41, 5.74) is 12.6. The normalized spacial score (nSPS) is 10.2. The second-order valence-corrected chi connectivity index (χ2v) is 3.70. The molecule has 5 nitrogen and oxygen atoms in total. The second kappa shape index (κ2) is 6.88. The number of hydrogen-bond acceptors (Lipinski definition) is 4. The fourth-order valence-corrected chi connectivity index (χ4v) is 1.53. The Bertz CT molecular complexity index is 380. The highest BCUT2D eigenvalue weighted by atomic mass is 16.5. The minimum atomic E-state index is -0.0230. The summed E-state index contributed by atoms with van der Waals surface area (Å²) in [6.45, 7) is 0.837. The molecule has 94 valence electrons. The lowest BCUT2D eigenvalue weighted by Crippen LogP contribution is -2.12. The maximum absolute atomic E-state index is 8.74. The first-order valence-corrected chi connectivity index (χ1v) is 5.60. The van der Waals surface area contributed by atoms with Gasteiger partial charge in [0.2, 0.25) is 0 Å². The third-order valence-corrected chi connectivity index (χ3v) is 2.37. The number of rotatable bonds is 7. The number of hydrogen-bond donors (Lipinski definition) is 4. The van der Waals surface area contributed by atoms with Crippen molar-refractivity contribution in [2.75, 3.05) is 19.8 Å². The third-order valence-electron chi connectivity index (χ3n) is 2.37. The first kappa shape index (κ1) is 13.5. The molecule has 0 aromatic heterocycles. The van der Waals surface area contributed by atoms with Gasteiger partial charge in [0.15, 0.2) is 0 Å². The van der Waals surface area contributed by atoms with E-state index in [0.29, 0.717) is 12.1 Å². The van der Waals surface area contributed by atoms with Crippen LogP contribution in [0.1, 0.15) is 17.5 Å². The van der Waals surface area contributed by atoms with Gasteiger partial charge >= 0.3 is 0 Å². The standard InChI is InChI=1S/C12H19N3O2/c13-5-1-2-9-8-10(12(14)15)3-4-11(9)17-7-6-16/h3-4,8,16H,1-2,5-7,13H2,(H3,14,15). The molecule has 1 rings (SSSR count). The molecule has 0 heterocycles. The zero-order valence-corrected chi connectivity index (χ0v) is 9.78. The Hall–Kier alpha value is -1.59. The second-order valence-electron chi connectivity index (χ2n) is 3.70. The number of nitrogens with one attached hydrogen (secondary N) is 1. The van der Waals surface area contributed by atoms with Crippen LogP contribution in [-0.4, -0.2) is 30.7 Å². The smallest absolute Gasteiger partial charge is 0.122 e. The van der Waals surface area contributed by atoms with E-state index in [4.69, 9.17) is 26.7 Å². The third kappa shape index (κ3) is 4.05. The fraction of sp³-hybridized carbons (Fsp3) is 0.417. The molecule has 0 unspecified atom stereocenters. The van der Waals surface area contributed by atoms with E-state index in [2.05, 4.69) is 0 Å². The molecule has 0 fully saturated rings. The van der Waals surface area contributed by atoms with Gasteiger partial charge in [-0.2, -0.15) is 0 Å². The minimum Gasteiger partial charge on any atom is -0.491 e. The zero-order valence-electron chi connectivity index (χ0n) is 9.78. The van der Waals surface area contributed by atoms with Gasteiger partial charge in [-0.1, -0.05) is 0 Å². The fourth-order valence-electron chi connectivity index (χ4n) is 1.53. The molecule has 0 aliphatic rings. The molecule has 0 aliphatic heterocycles. The maximum Gasteiger partial charge on any atom is 0.122 e. The van der Waals surface area contributed by atoms with Gasteiger partial charge in [0, 0.05) is 5.56 Å². The molecular weight excluding hydrogens is 218 g/mol. The number of aryl methyl sites for hydroxylation is 1. The van der Waals surface area contributed by atoms with Crippen molar-refractivity contribution in [3.63, 3.8) is 0 Å². The summed E-state index contributed by atoms with van der Waals surface area (Å²) in [6.07, 6.45) is 1.62. The molecule has 0 atom stereocenters. The van der Waals surface area contributed by atoms with Gasteiger partial charge in [-0.15, -0.1) is 0 Å². The van der Waals surface area contributed by atoms with Crippen LogP contribution in [0, 0.1) is 5.41 Å². The van der Waals surface area contributed by atoms with Crippen LogP contribution in [0.5, 0.6) is 5.75 Å². The molecule has 0 saturated heterocycles. The molecule has 0 saturated carbocycles. The molecule has 5 heteroatoms. The van der Waals surface area contributed by atoms with Crippen LogP contribution in [0.2, 0.25) is 0 Å². The lowest BCUT2D eigenvalue weighted by molar-refractivity contribution is 0.200.